The number of nitrogens with one attached hydrogen (secondary N) is 1. The monoisotopic (exact) mass is 253 g/mol. The average Bonchev–Trinajstić information content (AvgIpc) is 2.99. The van der Waals surface area contributed by atoms with E-state index in [1.54, 1.807) is 6.07 Å². The summed E-state index contributed by atoms with van der Waals surface area (Å²) in [6.45, 7) is 4.59. The second-order valence-electron chi connectivity index (χ2n) is 4.70. The van der Waals surface area contributed by atoms with Gasteiger partial charge in [-0.2, -0.15) is 0 Å². The van der Waals surface area contributed by atoms with Gasteiger partial charge in [0.25, 0.3) is 0 Å². The van der Waals surface area contributed by atoms with E-state index < -0.39 is 5.97 Å². The largest absolute Gasteiger partial charge is 0.475 e. The summed E-state index contributed by atoms with van der Waals surface area (Å²) in [4.78, 5) is 10.7. The molecule has 1 aliphatic rings. The van der Waals surface area contributed by atoms with Crippen molar-refractivity contribution in [2.75, 3.05) is 19.8 Å². The average molecular weight is 253 g/mol. The van der Waals surface area contributed by atoms with Gasteiger partial charge in [-0.15, -0.1) is 0 Å². The first kappa shape index (κ1) is 13.1. The van der Waals surface area contributed by atoms with Crippen molar-refractivity contribution in [3.8, 4) is 0 Å². The van der Waals surface area contributed by atoms with Gasteiger partial charge in [-0.05, 0) is 44.4 Å². The lowest BCUT2D eigenvalue weighted by atomic mass is 10.1. The van der Waals surface area contributed by atoms with Crippen molar-refractivity contribution >= 4 is 5.97 Å². The molecule has 0 aromatic carbocycles. The lowest BCUT2D eigenvalue weighted by molar-refractivity contribution is 0.0659. The summed E-state index contributed by atoms with van der Waals surface area (Å²) in [7, 11) is 0. The Labute approximate surface area is 106 Å². The zero-order valence-corrected chi connectivity index (χ0v) is 10.5. The van der Waals surface area contributed by atoms with E-state index in [0.717, 1.165) is 32.6 Å². The van der Waals surface area contributed by atoms with Gasteiger partial charge >= 0.3 is 5.97 Å². The van der Waals surface area contributed by atoms with Crippen LogP contribution in [-0.2, 0) is 4.74 Å². The Bertz CT molecular complexity index is 395. The van der Waals surface area contributed by atoms with E-state index >= 15 is 0 Å². The molecule has 0 spiro atoms. The number of hydrogen-bond donors (Lipinski definition) is 2. The van der Waals surface area contributed by atoms with E-state index in [1.165, 1.54) is 6.07 Å². The first-order chi connectivity index (χ1) is 8.66. The van der Waals surface area contributed by atoms with Gasteiger partial charge in [0.15, 0.2) is 0 Å². The molecule has 2 heterocycles. The molecule has 2 atom stereocenters. The maximum atomic E-state index is 10.7. The van der Waals surface area contributed by atoms with Crippen LogP contribution in [0.3, 0.4) is 0 Å². The second kappa shape index (κ2) is 6.02. The minimum atomic E-state index is -1.03. The fourth-order valence-electron chi connectivity index (χ4n) is 2.12. The van der Waals surface area contributed by atoms with E-state index in [9.17, 15) is 4.79 Å². The van der Waals surface area contributed by atoms with Crippen LogP contribution in [0.25, 0.3) is 0 Å². The van der Waals surface area contributed by atoms with Crippen molar-refractivity contribution in [2.24, 2.45) is 5.92 Å². The van der Waals surface area contributed by atoms with Crippen molar-refractivity contribution in [1.29, 1.82) is 0 Å². The number of rotatable bonds is 6. The molecule has 0 radical (unpaired) electrons. The van der Waals surface area contributed by atoms with Crippen LogP contribution in [0.1, 0.15) is 42.1 Å². The van der Waals surface area contributed by atoms with Crippen molar-refractivity contribution in [3.05, 3.63) is 23.7 Å². The third kappa shape index (κ3) is 3.34. The summed E-state index contributed by atoms with van der Waals surface area (Å²) in [5.41, 5.74) is 0. The summed E-state index contributed by atoms with van der Waals surface area (Å²) in [5.74, 6) is 0.269. The van der Waals surface area contributed by atoms with Crippen LogP contribution in [0.4, 0.5) is 0 Å². The number of carboxylic acids is 1. The van der Waals surface area contributed by atoms with Crippen LogP contribution < -0.4 is 5.32 Å². The Morgan fingerprint density at radius 2 is 2.44 bits per heavy atom. The maximum Gasteiger partial charge on any atom is 0.371 e. The van der Waals surface area contributed by atoms with E-state index in [4.69, 9.17) is 14.3 Å². The van der Waals surface area contributed by atoms with Gasteiger partial charge in [0.05, 0.1) is 6.04 Å². The SMILES string of the molecule is CC(NCCC1CCOC1)c1ccc(C(=O)O)o1. The number of aromatic carboxylic acids is 1. The zero-order chi connectivity index (χ0) is 13.0. The molecule has 5 nitrogen and oxygen atoms in total. The summed E-state index contributed by atoms with van der Waals surface area (Å²) in [6, 6.07) is 3.22. The van der Waals surface area contributed by atoms with Crippen LogP contribution in [0.15, 0.2) is 16.5 Å². The normalized spacial score (nSPS) is 21.1. The molecule has 100 valence electrons. The highest BCUT2D eigenvalue weighted by Gasteiger charge is 2.17. The van der Waals surface area contributed by atoms with Crippen LogP contribution in [0, 0.1) is 5.92 Å². The standard InChI is InChI=1S/C13H19NO4/c1-9(11-2-3-12(18-11)13(15)16)14-6-4-10-5-7-17-8-10/h2-3,9-10,14H,4-8H2,1H3,(H,15,16). The maximum absolute atomic E-state index is 10.7. The molecule has 0 saturated carbocycles. The van der Waals surface area contributed by atoms with Gasteiger partial charge in [-0.3, -0.25) is 0 Å². The summed E-state index contributed by atoms with van der Waals surface area (Å²) >= 11 is 0. The van der Waals surface area contributed by atoms with Crippen LogP contribution >= 0.6 is 0 Å². The highest BCUT2D eigenvalue weighted by atomic mass is 16.5. The highest BCUT2D eigenvalue weighted by molar-refractivity contribution is 5.84. The number of hydrogen-bond acceptors (Lipinski definition) is 4. The van der Waals surface area contributed by atoms with Crippen LogP contribution in [0.2, 0.25) is 0 Å². The molecule has 1 saturated heterocycles. The van der Waals surface area contributed by atoms with Crippen molar-refractivity contribution in [2.45, 2.75) is 25.8 Å². The Morgan fingerprint density at radius 1 is 1.61 bits per heavy atom. The molecule has 0 aliphatic carbocycles. The summed E-state index contributed by atoms with van der Waals surface area (Å²) < 4.78 is 10.6. The summed E-state index contributed by atoms with van der Waals surface area (Å²) in [5, 5.41) is 12.1. The van der Waals surface area contributed by atoms with Gasteiger partial charge in [-0.1, -0.05) is 0 Å². The summed E-state index contributed by atoms with van der Waals surface area (Å²) in [6.07, 6.45) is 2.22. The molecule has 2 rings (SSSR count). The Kier molecular flexibility index (Phi) is 4.38. The minimum Gasteiger partial charge on any atom is -0.475 e. The highest BCUT2D eigenvalue weighted by Crippen LogP contribution is 2.18. The van der Waals surface area contributed by atoms with Gasteiger partial charge in [-0.25, -0.2) is 4.79 Å². The molecule has 0 bridgehead atoms. The molecule has 1 aromatic rings. The fraction of sp³-hybridized carbons (Fsp3) is 0.615. The van der Waals surface area contributed by atoms with E-state index in [2.05, 4.69) is 5.32 Å². The Morgan fingerprint density at radius 3 is 3.06 bits per heavy atom. The third-order valence-corrected chi connectivity index (χ3v) is 3.29. The number of ether oxygens (including phenoxy) is 1. The fourth-order valence-corrected chi connectivity index (χ4v) is 2.12. The smallest absolute Gasteiger partial charge is 0.371 e. The first-order valence-corrected chi connectivity index (χ1v) is 6.31. The van der Waals surface area contributed by atoms with E-state index in [-0.39, 0.29) is 11.8 Å². The molecule has 18 heavy (non-hydrogen) atoms. The van der Waals surface area contributed by atoms with Gasteiger partial charge in [0, 0.05) is 13.2 Å². The molecular weight excluding hydrogens is 234 g/mol. The number of carbonyl (C=O) groups is 1. The van der Waals surface area contributed by atoms with Crippen LogP contribution in [-0.4, -0.2) is 30.8 Å². The van der Waals surface area contributed by atoms with Gasteiger partial charge in [0.1, 0.15) is 5.76 Å². The van der Waals surface area contributed by atoms with Crippen molar-refractivity contribution in [3.63, 3.8) is 0 Å². The molecule has 2 N–H and O–H groups in total. The molecule has 1 aromatic heterocycles. The molecule has 5 heteroatoms. The lowest BCUT2D eigenvalue weighted by Crippen LogP contribution is -2.21. The van der Waals surface area contributed by atoms with Gasteiger partial charge < -0.3 is 19.6 Å². The quantitative estimate of drug-likeness (QED) is 0.812. The van der Waals surface area contributed by atoms with E-state index in [1.807, 2.05) is 6.92 Å². The molecule has 0 amide bonds. The predicted octanol–water partition coefficient (Wildman–Crippen LogP) is 2.06. The zero-order valence-electron chi connectivity index (χ0n) is 10.5. The number of carboxylic acid groups (broad SMARTS) is 1. The topological polar surface area (TPSA) is 71.7 Å². The van der Waals surface area contributed by atoms with Crippen molar-refractivity contribution < 1.29 is 19.1 Å². The van der Waals surface area contributed by atoms with Crippen LogP contribution in [0.5, 0.6) is 0 Å². The lowest BCUT2D eigenvalue weighted by Gasteiger charge is -2.13. The van der Waals surface area contributed by atoms with Crippen molar-refractivity contribution in [1.82, 2.24) is 5.32 Å². The predicted molar refractivity (Wildman–Crippen MR) is 65.6 cm³/mol. The first-order valence-electron chi connectivity index (χ1n) is 6.31. The third-order valence-electron chi connectivity index (χ3n) is 3.29. The molecule has 1 fully saturated rings. The Hall–Kier alpha value is -1.33. The Balaban J connectivity index is 1.75. The minimum absolute atomic E-state index is 0.0113. The van der Waals surface area contributed by atoms with Gasteiger partial charge in [0.2, 0.25) is 5.76 Å². The molecule has 1 aliphatic heterocycles. The number of furan rings is 1. The molecular formula is C13H19NO4. The second-order valence-corrected chi connectivity index (χ2v) is 4.70. The van der Waals surface area contributed by atoms with E-state index in [0.29, 0.717) is 11.7 Å². The molecule has 2 unspecified atom stereocenters.